The van der Waals surface area contributed by atoms with E-state index in [9.17, 15) is 13.6 Å². The molecule has 19 heavy (non-hydrogen) atoms. The lowest BCUT2D eigenvalue weighted by molar-refractivity contribution is -0.166. The van der Waals surface area contributed by atoms with Gasteiger partial charge in [0.25, 0.3) is 0 Å². The number of carbonyl (C=O) groups is 1. The lowest BCUT2D eigenvalue weighted by Gasteiger charge is -2.34. The van der Waals surface area contributed by atoms with E-state index in [-0.39, 0.29) is 13.0 Å². The van der Waals surface area contributed by atoms with Gasteiger partial charge in [-0.25, -0.2) is 9.69 Å². The summed E-state index contributed by atoms with van der Waals surface area (Å²) < 4.78 is 32.1. The Balaban J connectivity index is 2.31. The van der Waals surface area contributed by atoms with Crippen LogP contribution in [0.5, 0.6) is 0 Å². The Bertz CT molecular complexity index is 335. The van der Waals surface area contributed by atoms with Crippen molar-refractivity contribution < 1.29 is 18.3 Å². The number of likely N-dealkylation sites (tertiary alicyclic amines) is 1. The monoisotopic (exact) mass is 275 g/mol. The number of carbonyl (C=O) groups excluding carboxylic acids is 1. The maximum absolute atomic E-state index is 13.5. The predicted molar refractivity (Wildman–Crippen MR) is 70.0 cm³/mol. The molecule has 1 rings (SSSR count). The van der Waals surface area contributed by atoms with Gasteiger partial charge in [-0.15, -0.1) is 0 Å². The number of hydrogen-bond donors (Lipinski definition) is 0. The van der Waals surface area contributed by atoms with E-state index in [1.54, 1.807) is 26.8 Å². The second-order valence-corrected chi connectivity index (χ2v) is 5.83. The van der Waals surface area contributed by atoms with Crippen LogP contribution in [0.2, 0.25) is 0 Å². The van der Waals surface area contributed by atoms with Crippen molar-refractivity contribution in [2.75, 3.05) is 13.1 Å². The van der Waals surface area contributed by atoms with E-state index in [2.05, 4.69) is 0 Å². The molecule has 0 amide bonds. The van der Waals surface area contributed by atoms with E-state index < -0.39 is 17.6 Å². The normalized spacial score (nSPS) is 20.7. The quantitative estimate of drug-likeness (QED) is 0.447. The minimum absolute atomic E-state index is 0.0667. The number of esters is 1. The van der Waals surface area contributed by atoms with Gasteiger partial charge in [0.1, 0.15) is 5.60 Å². The summed E-state index contributed by atoms with van der Waals surface area (Å²) in [6.45, 7) is 6.05. The largest absolute Gasteiger partial charge is 0.457 e. The summed E-state index contributed by atoms with van der Waals surface area (Å²) in [6.07, 6.45) is 4.66. The van der Waals surface area contributed by atoms with Crippen molar-refractivity contribution in [1.29, 1.82) is 0 Å². The standard InChI is InChI=1S/C14H23F2NO2/c1-13(2,3)19-12(18)8-4-6-10-17-11-7-5-9-14(17,15)16/h4,8H,5-7,9-11H2,1-3H3/b8-4+. The molecule has 1 fully saturated rings. The van der Waals surface area contributed by atoms with Crippen LogP contribution in [0.1, 0.15) is 46.5 Å². The lowest BCUT2D eigenvalue weighted by Crippen LogP contribution is -2.45. The summed E-state index contributed by atoms with van der Waals surface area (Å²) in [5, 5.41) is 0. The number of piperidine rings is 1. The molecule has 0 bridgehead atoms. The molecule has 3 nitrogen and oxygen atoms in total. The number of rotatable bonds is 4. The zero-order valence-electron chi connectivity index (χ0n) is 11.9. The zero-order valence-corrected chi connectivity index (χ0v) is 11.9. The van der Waals surface area contributed by atoms with Crippen LogP contribution in [0.4, 0.5) is 8.78 Å². The molecule has 5 heteroatoms. The predicted octanol–water partition coefficient (Wildman–Crippen LogP) is 3.35. The minimum Gasteiger partial charge on any atom is -0.457 e. The highest BCUT2D eigenvalue weighted by atomic mass is 19.3. The molecule has 0 aromatic rings. The second-order valence-electron chi connectivity index (χ2n) is 5.83. The van der Waals surface area contributed by atoms with Crippen LogP contribution in [-0.2, 0) is 9.53 Å². The SMILES string of the molecule is CC(C)(C)OC(=O)/C=C/CCN1CCCCC1(F)F. The van der Waals surface area contributed by atoms with E-state index in [4.69, 9.17) is 4.74 Å². The molecule has 1 aliphatic heterocycles. The lowest BCUT2D eigenvalue weighted by atomic mass is 10.1. The van der Waals surface area contributed by atoms with Crippen LogP contribution in [0.15, 0.2) is 12.2 Å². The molecule has 0 unspecified atom stereocenters. The second kappa shape index (κ2) is 6.46. The van der Waals surface area contributed by atoms with Crippen LogP contribution in [0.25, 0.3) is 0 Å². The summed E-state index contributed by atoms with van der Waals surface area (Å²) in [5.74, 6) is -0.432. The van der Waals surface area contributed by atoms with Gasteiger partial charge in [0.15, 0.2) is 0 Å². The Morgan fingerprint density at radius 2 is 2.05 bits per heavy atom. The van der Waals surface area contributed by atoms with Crippen molar-refractivity contribution in [3.05, 3.63) is 12.2 Å². The van der Waals surface area contributed by atoms with Crippen molar-refractivity contribution in [3.63, 3.8) is 0 Å². The maximum Gasteiger partial charge on any atom is 0.330 e. The molecule has 110 valence electrons. The average Bonchev–Trinajstić information content (AvgIpc) is 2.23. The van der Waals surface area contributed by atoms with Gasteiger partial charge in [0.2, 0.25) is 0 Å². The van der Waals surface area contributed by atoms with Gasteiger partial charge in [-0.2, -0.15) is 8.78 Å². The van der Waals surface area contributed by atoms with E-state index in [0.717, 1.165) is 6.42 Å². The van der Waals surface area contributed by atoms with E-state index in [0.29, 0.717) is 19.4 Å². The molecule has 1 aliphatic rings. The number of ether oxygens (including phenoxy) is 1. The number of halogens is 2. The van der Waals surface area contributed by atoms with Gasteiger partial charge < -0.3 is 4.74 Å². The molecular weight excluding hydrogens is 252 g/mol. The third-order valence-corrected chi connectivity index (χ3v) is 2.84. The molecule has 0 aliphatic carbocycles. The summed E-state index contributed by atoms with van der Waals surface area (Å²) in [7, 11) is 0. The van der Waals surface area contributed by atoms with Gasteiger partial charge in [0, 0.05) is 25.6 Å². The highest BCUT2D eigenvalue weighted by Crippen LogP contribution is 2.30. The van der Waals surface area contributed by atoms with Gasteiger partial charge in [-0.05, 0) is 40.0 Å². The Morgan fingerprint density at radius 1 is 1.37 bits per heavy atom. The molecule has 0 N–H and O–H groups in total. The van der Waals surface area contributed by atoms with Gasteiger partial charge in [-0.1, -0.05) is 6.08 Å². The Kier molecular flexibility index (Phi) is 5.47. The third-order valence-electron chi connectivity index (χ3n) is 2.84. The number of hydrogen-bond acceptors (Lipinski definition) is 3. The fourth-order valence-electron chi connectivity index (χ4n) is 1.98. The third kappa shape index (κ3) is 6.14. The summed E-state index contributed by atoms with van der Waals surface area (Å²) in [5.41, 5.74) is -0.526. The Hall–Kier alpha value is -0.970. The summed E-state index contributed by atoms with van der Waals surface area (Å²) in [6, 6.07) is -2.70. The van der Waals surface area contributed by atoms with Gasteiger partial charge in [0.05, 0.1) is 0 Å². The van der Waals surface area contributed by atoms with Crippen LogP contribution < -0.4 is 0 Å². The molecule has 1 heterocycles. The molecule has 0 aromatic carbocycles. The fourth-order valence-corrected chi connectivity index (χ4v) is 1.98. The number of alkyl halides is 2. The van der Waals surface area contributed by atoms with E-state index in [1.807, 2.05) is 0 Å². The van der Waals surface area contributed by atoms with Crippen LogP contribution >= 0.6 is 0 Å². The number of nitrogens with zero attached hydrogens (tertiary/aromatic N) is 1. The van der Waals surface area contributed by atoms with Crippen molar-refractivity contribution in [2.45, 2.75) is 58.1 Å². The van der Waals surface area contributed by atoms with Gasteiger partial charge in [-0.3, -0.25) is 0 Å². The van der Waals surface area contributed by atoms with E-state index in [1.165, 1.54) is 11.0 Å². The summed E-state index contributed by atoms with van der Waals surface area (Å²) in [4.78, 5) is 12.6. The Labute approximate surface area is 113 Å². The smallest absolute Gasteiger partial charge is 0.330 e. The first-order valence-electron chi connectivity index (χ1n) is 6.73. The van der Waals surface area contributed by atoms with Gasteiger partial charge >= 0.3 is 12.0 Å². The van der Waals surface area contributed by atoms with E-state index >= 15 is 0 Å². The molecule has 1 saturated heterocycles. The first kappa shape index (κ1) is 16.1. The van der Waals surface area contributed by atoms with Crippen molar-refractivity contribution in [3.8, 4) is 0 Å². The zero-order chi connectivity index (χ0) is 14.5. The molecular formula is C14H23F2NO2. The maximum atomic E-state index is 13.5. The molecule has 0 aromatic heterocycles. The van der Waals surface area contributed by atoms with Crippen molar-refractivity contribution in [2.24, 2.45) is 0 Å². The average molecular weight is 275 g/mol. The van der Waals surface area contributed by atoms with Crippen LogP contribution in [-0.4, -0.2) is 35.6 Å². The molecule has 0 saturated carbocycles. The van der Waals surface area contributed by atoms with Crippen molar-refractivity contribution >= 4 is 5.97 Å². The molecule has 0 atom stereocenters. The van der Waals surface area contributed by atoms with Crippen molar-refractivity contribution in [1.82, 2.24) is 4.90 Å². The molecule has 0 radical (unpaired) electrons. The van der Waals surface area contributed by atoms with Crippen LogP contribution in [0, 0.1) is 0 Å². The molecule has 0 spiro atoms. The highest BCUT2D eigenvalue weighted by Gasteiger charge is 2.38. The first-order chi connectivity index (χ1) is 8.71. The highest BCUT2D eigenvalue weighted by molar-refractivity contribution is 5.82. The topological polar surface area (TPSA) is 29.5 Å². The first-order valence-corrected chi connectivity index (χ1v) is 6.73. The van der Waals surface area contributed by atoms with Crippen LogP contribution in [0.3, 0.4) is 0 Å². The summed E-state index contributed by atoms with van der Waals surface area (Å²) >= 11 is 0. The Morgan fingerprint density at radius 3 is 2.63 bits per heavy atom. The minimum atomic E-state index is -2.70. The fraction of sp³-hybridized carbons (Fsp3) is 0.786.